The van der Waals surface area contributed by atoms with Gasteiger partial charge in [0.1, 0.15) is 6.61 Å². The third-order valence-electron chi connectivity index (χ3n) is 2.56. The third-order valence-corrected chi connectivity index (χ3v) is 2.56. The average molecular weight is 245 g/mol. The molecule has 0 spiro atoms. The van der Waals surface area contributed by atoms with Gasteiger partial charge in [-0.3, -0.25) is 9.59 Å². The maximum Gasteiger partial charge on any atom is 0.236 e. The monoisotopic (exact) mass is 245 g/mol. The van der Waals surface area contributed by atoms with Crippen molar-refractivity contribution in [3.05, 3.63) is 28.8 Å². The number of carbonyl (C=O) groups excluding carboxylic acids is 2. The predicted molar refractivity (Wildman–Crippen MR) is 70.8 cm³/mol. The van der Waals surface area contributed by atoms with Gasteiger partial charge in [0.2, 0.25) is 19.6 Å². The van der Waals surface area contributed by atoms with E-state index in [0.29, 0.717) is 6.42 Å². The van der Waals surface area contributed by atoms with E-state index in [9.17, 15) is 9.59 Å². The van der Waals surface area contributed by atoms with Gasteiger partial charge in [0, 0.05) is 12.1 Å². The summed E-state index contributed by atoms with van der Waals surface area (Å²) in [7, 11) is 4.91. The zero-order valence-corrected chi connectivity index (χ0v) is 10.9. The fourth-order valence-electron chi connectivity index (χ4n) is 1.72. The normalized spacial score (nSPS) is 9.94. The molecule has 4 nitrogen and oxygen atoms in total. The van der Waals surface area contributed by atoms with Crippen LogP contribution in [-0.2, 0) is 16.1 Å². The fourth-order valence-corrected chi connectivity index (χ4v) is 1.72. The summed E-state index contributed by atoms with van der Waals surface area (Å²) in [6.45, 7) is 5.73. The lowest BCUT2D eigenvalue weighted by molar-refractivity contribution is -0.115. The van der Waals surface area contributed by atoms with E-state index in [1.165, 1.54) is 0 Å². The highest BCUT2D eigenvalue weighted by molar-refractivity contribution is 6.55. The Kier molecular flexibility index (Phi) is 4.95. The smallest absolute Gasteiger partial charge is 0.236 e. The highest BCUT2D eigenvalue weighted by Gasteiger charge is 2.08. The molecule has 0 aliphatic carbocycles. The summed E-state index contributed by atoms with van der Waals surface area (Å²) in [4.78, 5) is 21.9. The van der Waals surface area contributed by atoms with Crippen LogP contribution in [0.4, 0.5) is 10.5 Å². The van der Waals surface area contributed by atoms with Crippen LogP contribution in [0.25, 0.3) is 0 Å². The number of amides is 1. The summed E-state index contributed by atoms with van der Waals surface area (Å²) < 4.78 is 4.73. The predicted octanol–water partition coefficient (Wildman–Crippen LogP) is 2.46. The van der Waals surface area contributed by atoms with E-state index in [-0.39, 0.29) is 12.5 Å². The van der Waals surface area contributed by atoms with Crippen molar-refractivity contribution in [2.75, 3.05) is 5.32 Å². The zero-order valence-electron chi connectivity index (χ0n) is 10.9. The van der Waals surface area contributed by atoms with Crippen molar-refractivity contribution in [1.29, 1.82) is 0 Å². The topological polar surface area (TPSA) is 55.4 Å². The molecule has 1 aromatic rings. The molecule has 0 fully saturated rings. The summed E-state index contributed by atoms with van der Waals surface area (Å²) in [6.07, 6.45) is 0.436. The Balaban J connectivity index is 2.90. The minimum Gasteiger partial charge on any atom is -0.470 e. The van der Waals surface area contributed by atoms with Crippen LogP contribution in [-0.4, -0.2) is 19.6 Å². The number of benzene rings is 1. The number of hydrogen-bond donors (Lipinski definition) is 1. The molecule has 0 aliphatic rings. The van der Waals surface area contributed by atoms with E-state index in [4.69, 9.17) is 12.6 Å². The lowest BCUT2D eigenvalue weighted by Crippen LogP contribution is -2.12. The number of nitrogens with one attached hydrogen (secondary N) is 1. The Labute approximate surface area is 108 Å². The van der Waals surface area contributed by atoms with Gasteiger partial charge in [-0.1, -0.05) is 19.1 Å². The van der Waals surface area contributed by atoms with Gasteiger partial charge < -0.3 is 10.1 Å². The van der Waals surface area contributed by atoms with E-state index < -0.39 is 5.87 Å². The summed E-state index contributed by atoms with van der Waals surface area (Å²) in [5, 5.41) is 2.85. The Morgan fingerprint density at radius 1 is 1.28 bits per heavy atom. The van der Waals surface area contributed by atoms with Gasteiger partial charge in [-0.25, -0.2) is 0 Å². The first-order valence-corrected chi connectivity index (χ1v) is 5.76. The van der Waals surface area contributed by atoms with Gasteiger partial charge in [-0.2, -0.15) is 0 Å². The summed E-state index contributed by atoms with van der Waals surface area (Å²) in [5.74, 6) is -0.823. The second-order valence-corrected chi connectivity index (χ2v) is 4.11. The lowest BCUT2D eigenvalue weighted by Gasteiger charge is -2.13. The van der Waals surface area contributed by atoms with E-state index in [1.807, 2.05) is 26.0 Å². The van der Waals surface area contributed by atoms with Gasteiger partial charge in [-0.05, 0) is 30.5 Å². The van der Waals surface area contributed by atoms with E-state index in [2.05, 4.69) is 5.32 Å². The minimum atomic E-state index is -0.798. The van der Waals surface area contributed by atoms with Crippen LogP contribution in [0.15, 0.2) is 12.1 Å². The molecule has 0 unspecified atom stereocenters. The Morgan fingerprint density at radius 2 is 1.83 bits per heavy atom. The molecule has 0 saturated heterocycles. The molecule has 1 aromatic carbocycles. The standard InChI is InChI=1S/C13H16BNO3/c1-4-11(16)15-12-8(2)5-10(6-9(12)3)7-18-13(14)17/h5-6H,4,7H2,1-3H3,(H,15,16). The molecular formula is C13H16BNO3. The second kappa shape index (κ2) is 6.24. The molecule has 1 N–H and O–H groups in total. The van der Waals surface area contributed by atoms with Crippen LogP contribution >= 0.6 is 0 Å². The second-order valence-electron chi connectivity index (χ2n) is 4.11. The quantitative estimate of drug-likeness (QED) is 0.829. The molecule has 0 atom stereocenters. The first kappa shape index (κ1) is 14.3. The Morgan fingerprint density at radius 3 is 2.28 bits per heavy atom. The lowest BCUT2D eigenvalue weighted by atomic mass is 10.0. The number of anilines is 1. The van der Waals surface area contributed by atoms with Crippen molar-refractivity contribution in [2.24, 2.45) is 0 Å². The van der Waals surface area contributed by atoms with Gasteiger partial charge >= 0.3 is 0 Å². The molecule has 1 rings (SSSR count). The van der Waals surface area contributed by atoms with Crippen molar-refractivity contribution in [2.45, 2.75) is 33.8 Å². The average Bonchev–Trinajstić information content (AvgIpc) is 2.30. The number of ether oxygens (including phenoxy) is 1. The van der Waals surface area contributed by atoms with Crippen LogP contribution in [0.2, 0.25) is 0 Å². The number of hydrogen-bond acceptors (Lipinski definition) is 3. The molecule has 94 valence electrons. The number of rotatable bonds is 4. The third kappa shape index (κ3) is 3.91. The number of aryl methyl sites for hydroxylation is 2. The van der Waals surface area contributed by atoms with Crippen molar-refractivity contribution in [1.82, 2.24) is 0 Å². The maximum atomic E-state index is 11.4. The van der Waals surface area contributed by atoms with E-state index >= 15 is 0 Å². The van der Waals surface area contributed by atoms with Crippen LogP contribution in [0.1, 0.15) is 30.0 Å². The largest absolute Gasteiger partial charge is 0.470 e. The molecule has 0 aromatic heterocycles. The SMILES string of the molecule is [B]C(=O)OCc1cc(C)c(NC(=O)CC)c(C)c1. The molecule has 5 heteroatoms. The maximum absolute atomic E-state index is 11.4. The van der Waals surface area contributed by atoms with Gasteiger partial charge in [-0.15, -0.1) is 0 Å². The Hall–Kier alpha value is -1.78. The van der Waals surface area contributed by atoms with Gasteiger partial charge in [0.15, 0.2) is 0 Å². The molecule has 0 bridgehead atoms. The van der Waals surface area contributed by atoms with Crippen LogP contribution in [0.3, 0.4) is 0 Å². The summed E-state index contributed by atoms with van der Waals surface area (Å²) in [5.41, 5.74) is 3.52. The fraction of sp³-hybridized carbons (Fsp3) is 0.385. The zero-order chi connectivity index (χ0) is 13.7. The summed E-state index contributed by atoms with van der Waals surface area (Å²) >= 11 is 0. The molecule has 0 heterocycles. The van der Waals surface area contributed by atoms with Crippen LogP contribution < -0.4 is 5.32 Å². The Bertz CT molecular complexity index is 448. The van der Waals surface area contributed by atoms with E-state index in [1.54, 1.807) is 6.92 Å². The van der Waals surface area contributed by atoms with Crippen molar-refractivity contribution < 1.29 is 14.3 Å². The van der Waals surface area contributed by atoms with Gasteiger partial charge in [0.25, 0.3) is 0 Å². The molecule has 18 heavy (non-hydrogen) atoms. The minimum absolute atomic E-state index is 0.0256. The first-order chi connectivity index (χ1) is 8.43. The van der Waals surface area contributed by atoms with Crippen molar-refractivity contribution in [3.8, 4) is 0 Å². The van der Waals surface area contributed by atoms with Gasteiger partial charge in [0.05, 0.1) is 0 Å². The van der Waals surface area contributed by atoms with Crippen LogP contribution in [0.5, 0.6) is 0 Å². The van der Waals surface area contributed by atoms with Crippen molar-refractivity contribution >= 4 is 25.3 Å². The molecular weight excluding hydrogens is 229 g/mol. The highest BCUT2D eigenvalue weighted by Crippen LogP contribution is 2.22. The van der Waals surface area contributed by atoms with E-state index in [0.717, 1.165) is 22.4 Å². The number of carbonyl (C=O) groups is 2. The molecule has 2 radical (unpaired) electrons. The summed E-state index contributed by atoms with van der Waals surface area (Å²) in [6, 6.07) is 3.72. The van der Waals surface area contributed by atoms with Crippen molar-refractivity contribution in [3.63, 3.8) is 0 Å². The first-order valence-electron chi connectivity index (χ1n) is 5.76. The molecule has 0 saturated carbocycles. The molecule has 1 amide bonds. The van der Waals surface area contributed by atoms with Crippen LogP contribution in [0, 0.1) is 13.8 Å². The molecule has 0 aliphatic heterocycles. The highest BCUT2D eigenvalue weighted by atomic mass is 16.5.